The van der Waals surface area contributed by atoms with Gasteiger partial charge in [-0.05, 0) is 31.5 Å². The number of benzene rings is 1. The summed E-state index contributed by atoms with van der Waals surface area (Å²) in [5, 5.41) is 3.14. The van der Waals surface area contributed by atoms with Crippen LogP contribution >= 0.6 is 0 Å². The molecule has 134 valence electrons. The first-order chi connectivity index (χ1) is 12.6. The molecule has 0 unspecified atom stereocenters. The molecule has 0 saturated heterocycles. The first kappa shape index (κ1) is 17.7. The number of hydrogen-bond donors (Lipinski definition) is 1. The Balaban J connectivity index is 1.73. The molecule has 0 radical (unpaired) electrons. The summed E-state index contributed by atoms with van der Waals surface area (Å²) < 4.78 is 5.29. The maximum Gasteiger partial charge on any atom is 0.273 e. The fourth-order valence-electron chi connectivity index (χ4n) is 2.58. The van der Waals surface area contributed by atoms with Gasteiger partial charge in [-0.1, -0.05) is 30.3 Å². The van der Waals surface area contributed by atoms with Gasteiger partial charge in [-0.3, -0.25) is 4.79 Å². The summed E-state index contributed by atoms with van der Waals surface area (Å²) >= 11 is 0. The Bertz CT molecular complexity index is 832. The molecule has 26 heavy (non-hydrogen) atoms. The van der Waals surface area contributed by atoms with E-state index in [2.05, 4.69) is 15.3 Å². The lowest BCUT2D eigenvalue weighted by Gasteiger charge is -2.26. The molecule has 6 nitrogen and oxygen atoms in total. The summed E-state index contributed by atoms with van der Waals surface area (Å²) in [6.45, 7) is 5.03. The average molecular weight is 350 g/mol. The number of aromatic nitrogens is 2. The van der Waals surface area contributed by atoms with Crippen LogP contribution in [0.15, 0.2) is 65.5 Å². The van der Waals surface area contributed by atoms with Crippen LogP contribution < -0.4 is 5.32 Å². The number of rotatable bonds is 7. The molecule has 0 bridgehead atoms. The van der Waals surface area contributed by atoms with Crippen LogP contribution in [0.3, 0.4) is 0 Å². The van der Waals surface area contributed by atoms with E-state index >= 15 is 0 Å². The first-order valence-electron chi connectivity index (χ1n) is 8.56. The third kappa shape index (κ3) is 4.47. The molecule has 0 saturated carbocycles. The van der Waals surface area contributed by atoms with Crippen LogP contribution in [0.25, 0.3) is 0 Å². The van der Waals surface area contributed by atoms with Crippen LogP contribution in [0, 0.1) is 0 Å². The number of carbonyl (C=O) groups excluding carboxylic acids is 1. The van der Waals surface area contributed by atoms with E-state index in [1.807, 2.05) is 56.3 Å². The van der Waals surface area contributed by atoms with E-state index in [4.69, 9.17) is 4.42 Å². The molecular formula is C20H22N4O2. The topological polar surface area (TPSA) is 71.3 Å². The maximum atomic E-state index is 13.0. The zero-order valence-electron chi connectivity index (χ0n) is 14.9. The third-order valence-electron chi connectivity index (χ3n) is 3.99. The highest BCUT2D eigenvalue weighted by Gasteiger charge is 2.20. The zero-order chi connectivity index (χ0) is 18.4. The molecule has 0 aliphatic rings. The van der Waals surface area contributed by atoms with Gasteiger partial charge in [-0.25, -0.2) is 9.97 Å². The van der Waals surface area contributed by atoms with E-state index in [-0.39, 0.29) is 11.9 Å². The highest BCUT2D eigenvalue weighted by Crippen LogP contribution is 2.14. The highest BCUT2D eigenvalue weighted by atomic mass is 16.3. The Labute approximate surface area is 152 Å². The van der Waals surface area contributed by atoms with E-state index < -0.39 is 0 Å². The van der Waals surface area contributed by atoms with Crippen molar-refractivity contribution in [3.05, 3.63) is 78.1 Å². The maximum absolute atomic E-state index is 13.0. The normalized spacial score (nSPS) is 10.7. The van der Waals surface area contributed by atoms with E-state index in [0.29, 0.717) is 24.6 Å². The molecule has 3 rings (SSSR count). The Hall–Kier alpha value is -3.15. The predicted molar refractivity (Wildman–Crippen MR) is 99.5 cm³/mol. The largest absolute Gasteiger partial charge is 0.467 e. The zero-order valence-corrected chi connectivity index (χ0v) is 14.9. The van der Waals surface area contributed by atoms with Gasteiger partial charge < -0.3 is 14.6 Å². The Kier molecular flexibility index (Phi) is 5.63. The van der Waals surface area contributed by atoms with Crippen molar-refractivity contribution in [2.24, 2.45) is 0 Å². The minimum Gasteiger partial charge on any atom is -0.467 e. The van der Waals surface area contributed by atoms with Crippen LogP contribution in [-0.4, -0.2) is 26.8 Å². The van der Waals surface area contributed by atoms with Gasteiger partial charge in [0.2, 0.25) is 0 Å². The number of nitrogens with zero attached hydrogens (tertiary/aromatic N) is 3. The average Bonchev–Trinajstić information content (AvgIpc) is 3.18. The molecule has 0 atom stereocenters. The lowest BCUT2D eigenvalue weighted by Crippen LogP contribution is -2.36. The van der Waals surface area contributed by atoms with Gasteiger partial charge in [-0.15, -0.1) is 0 Å². The molecule has 0 aliphatic heterocycles. The van der Waals surface area contributed by atoms with Crippen molar-refractivity contribution in [2.75, 3.05) is 5.32 Å². The fraction of sp³-hybridized carbons (Fsp3) is 0.250. The van der Waals surface area contributed by atoms with Crippen molar-refractivity contribution in [2.45, 2.75) is 33.0 Å². The van der Waals surface area contributed by atoms with Gasteiger partial charge in [0.05, 0.1) is 12.8 Å². The minimum absolute atomic E-state index is 0.0530. The summed E-state index contributed by atoms with van der Waals surface area (Å²) in [7, 11) is 0. The molecular weight excluding hydrogens is 328 g/mol. The van der Waals surface area contributed by atoms with E-state index in [9.17, 15) is 4.79 Å². The Morgan fingerprint density at radius 2 is 1.96 bits per heavy atom. The first-order valence-corrected chi connectivity index (χ1v) is 8.56. The Morgan fingerprint density at radius 1 is 1.15 bits per heavy atom. The standard InChI is InChI=1S/C20H22N4O2/c1-15(2)24(13-16-7-4-3-5-8-16)20(25)18-11-19(23-14-22-18)21-12-17-9-6-10-26-17/h3-11,14-15H,12-13H2,1-2H3,(H,21,22,23). The van der Waals surface area contributed by atoms with Crippen molar-refractivity contribution in [1.29, 1.82) is 0 Å². The molecule has 1 amide bonds. The van der Waals surface area contributed by atoms with Crippen LogP contribution in [0.1, 0.15) is 35.7 Å². The van der Waals surface area contributed by atoms with Gasteiger partial charge in [0.25, 0.3) is 5.91 Å². The van der Waals surface area contributed by atoms with Crippen molar-refractivity contribution in [1.82, 2.24) is 14.9 Å². The molecule has 0 fully saturated rings. The second-order valence-electron chi connectivity index (χ2n) is 6.23. The molecule has 2 aromatic heterocycles. The SMILES string of the molecule is CC(C)N(Cc1ccccc1)C(=O)c1cc(NCc2ccco2)ncn1. The van der Waals surface area contributed by atoms with Crippen LogP contribution in [0.4, 0.5) is 5.82 Å². The number of amides is 1. The number of furan rings is 1. The van der Waals surface area contributed by atoms with E-state index in [1.54, 1.807) is 17.2 Å². The second-order valence-corrected chi connectivity index (χ2v) is 6.23. The summed E-state index contributed by atoms with van der Waals surface area (Å²) in [6, 6.07) is 15.4. The highest BCUT2D eigenvalue weighted by molar-refractivity contribution is 5.93. The number of nitrogens with one attached hydrogen (secondary N) is 1. The molecule has 1 aromatic carbocycles. The number of carbonyl (C=O) groups is 1. The predicted octanol–water partition coefficient (Wildman–Crippen LogP) is 3.73. The molecule has 1 N–H and O–H groups in total. The molecule has 2 heterocycles. The molecule has 6 heteroatoms. The van der Waals surface area contributed by atoms with Crippen molar-refractivity contribution < 1.29 is 9.21 Å². The van der Waals surface area contributed by atoms with Crippen LogP contribution in [-0.2, 0) is 13.1 Å². The van der Waals surface area contributed by atoms with E-state index in [1.165, 1.54) is 6.33 Å². The third-order valence-corrected chi connectivity index (χ3v) is 3.99. The smallest absolute Gasteiger partial charge is 0.273 e. The van der Waals surface area contributed by atoms with Gasteiger partial charge >= 0.3 is 0 Å². The summed E-state index contributed by atoms with van der Waals surface area (Å²) in [6.07, 6.45) is 3.02. The van der Waals surface area contributed by atoms with Gasteiger partial charge in [0.1, 0.15) is 23.6 Å². The Morgan fingerprint density at radius 3 is 2.65 bits per heavy atom. The van der Waals surface area contributed by atoms with E-state index in [0.717, 1.165) is 11.3 Å². The number of anilines is 1. The summed E-state index contributed by atoms with van der Waals surface area (Å²) in [5.41, 5.74) is 1.45. The second kappa shape index (κ2) is 8.29. The monoisotopic (exact) mass is 350 g/mol. The van der Waals surface area contributed by atoms with Crippen molar-refractivity contribution in [3.63, 3.8) is 0 Å². The molecule has 0 aliphatic carbocycles. The van der Waals surface area contributed by atoms with Gasteiger partial charge in [0.15, 0.2) is 0 Å². The van der Waals surface area contributed by atoms with Crippen LogP contribution in [0.5, 0.6) is 0 Å². The summed E-state index contributed by atoms with van der Waals surface area (Å²) in [4.78, 5) is 23.1. The van der Waals surface area contributed by atoms with Gasteiger partial charge in [0, 0.05) is 18.7 Å². The van der Waals surface area contributed by atoms with Gasteiger partial charge in [-0.2, -0.15) is 0 Å². The lowest BCUT2D eigenvalue weighted by molar-refractivity contribution is 0.0684. The lowest BCUT2D eigenvalue weighted by atomic mass is 10.1. The quantitative estimate of drug-likeness (QED) is 0.703. The van der Waals surface area contributed by atoms with Crippen LogP contribution in [0.2, 0.25) is 0 Å². The molecule has 3 aromatic rings. The van der Waals surface area contributed by atoms with Crippen molar-refractivity contribution in [3.8, 4) is 0 Å². The summed E-state index contributed by atoms with van der Waals surface area (Å²) in [5.74, 6) is 1.26. The molecule has 0 spiro atoms. The minimum atomic E-state index is -0.118. The fourth-order valence-corrected chi connectivity index (χ4v) is 2.58. The number of hydrogen-bond acceptors (Lipinski definition) is 5. The van der Waals surface area contributed by atoms with Crippen molar-refractivity contribution >= 4 is 11.7 Å².